The fourth-order valence-corrected chi connectivity index (χ4v) is 2.13. The molecule has 0 fully saturated rings. The number of rotatable bonds is 3. The molecule has 2 rings (SSSR count). The van der Waals surface area contributed by atoms with Gasteiger partial charge in [-0.25, -0.2) is 0 Å². The molecule has 0 aromatic heterocycles. The molecule has 0 saturated carbocycles. The second-order valence-corrected chi connectivity index (χ2v) is 5.17. The van der Waals surface area contributed by atoms with Crippen molar-refractivity contribution in [3.8, 4) is 0 Å². The third-order valence-corrected chi connectivity index (χ3v) is 3.63. The summed E-state index contributed by atoms with van der Waals surface area (Å²) >= 11 is 2.23. The smallest absolute Gasteiger partial charge is 0.258 e. The molecule has 4 nitrogen and oxygen atoms in total. The Morgan fingerprint density at radius 2 is 2.00 bits per heavy atom. The van der Waals surface area contributed by atoms with E-state index < -0.39 is 0 Å². The van der Waals surface area contributed by atoms with Crippen LogP contribution >= 0.6 is 22.6 Å². The summed E-state index contributed by atoms with van der Waals surface area (Å²) in [5, 5.41) is 10.9. The Labute approximate surface area is 124 Å². The highest BCUT2D eigenvalue weighted by atomic mass is 127. The average Bonchev–Trinajstić information content (AvgIpc) is 2.39. The summed E-state index contributed by atoms with van der Waals surface area (Å²) in [4.78, 5) is 14.8. The summed E-state index contributed by atoms with van der Waals surface area (Å²) in [5.74, 6) is 0. The summed E-state index contributed by atoms with van der Waals surface area (Å²) in [6.07, 6.45) is 1.72. The third-order valence-electron chi connectivity index (χ3n) is 2.65. The van der Waals surface area contributed by atoms with Crippen molar-refractivity contribution in [2.24, 2.45) is 4.99 Å². The Balaban J connectivity index is 2.32. The number of halogens is 1. The number of aryl methyl sites for hydroxylation is 1. The maximum absolute atomic E-state index is 10.9. The van der Waals surface area contributed by atoms with E-state index in [1.54, 1.807) is 25.3 Å². The van der Waals surface area contributed by atoms with Gasteiger partial charge in [0.1, 0.15) is 0 Å². The zero-order valence-electron chi connectivity index (χ0n) is 10.2. The van der Waals surface area contributed by atoms with Gasteiger partial charge in [-0.1, -0.05) is 24.3 Å². The van der Waals surface area contributed by atoms with Gasteiger partial charge in [0, 0.05) is 27.0 Å². The summed E-state index contributed by atoms with van der Waals surface area (Å²) in [6, 6.07) is 12.8. The van der Waals surface area contributed by atoms with Crippen molar-refractivity contribution < 1.29 is 4.92 Å². The van der Waals surface area contributed by atoms with Gasteiger partial charge < -0.3 is 0 Å². The molecule has 2 aromatic carbocycles. The molecule has 0 atom stereocenters. The van der Waals surface area contributed by atoms with E-state index in [9.17, 15) is 10.1 Å². The van der Waals surface area contributed by atoms with E-state index in [1.807, 2.05) is 24.3 Å². The zero-order valence-corrected chi connectivity index (χ0v) is 12.4. The molecule has 2 aromatic rings. The molecule has 0 spiro atoms. The monoisotopic (exact) mass is 366 g/mol. The van der Waals surface area contributed by atoms with Gasteiger partial charge in [0.25, 0.3) is 5.69 Å². The number of benzene rings is 2. The molecule has 19 heavy (non-hydrogen) atoms. The lowest BCUT2D eigenvalue weighted by molar-refractivity contribution is -0.385. The fraction of sp³-hybridized carbons (Fsp3) is 0.0714. The third kappa shape index (κ3) is 3.37. The van der Waals surface area contributed by atoms with Crippen LogP contribution in [0.25, 0.3) is 0 Å². The molecule has 0 saturated heterocycles. The highest BCUT2D eigenvalue weighted by Gasteiger charge is 2.10. The summed E-state index contributed by atoms with van der Waals surface area (Å²) in [5.41, 5.74) is 2.30. The molecule has 0 aliphatic rings. The van der Waals surface area contributed by atoms with Gasteiger partial charge >= 0.3 is 0 Å². The first-order valence-electron chi connectivity index (χ1n) is 5.61. The predicted molar refractivity (Wildman–Crippen MR) is 84.2 cm³/mol. The van der Waals surface area contributed by atoms with Crippen LogP contribution in [-0.4, -0.2) is 11.1 Å². The van der Waals surface area contributed by atoms with Gasteiger partial charge in [-0.2, -0.15) is 0 Å². The Kier molecular flexibility index (Phi) is 4.26. The fourth-order valence-electron chi connectivity index (χ4n) is 1.60. The number of nitro groups is 1. The maximum Gasteiger partial charge on any atom is 0.274 e. The molecular formula is C14H11IN2O2. The van der Waals surface area contributed by atoms with Crippen molar-refractivity contribution in [2.75, 3.05) is 0 Å². The number of hydrogen-bond acceptors (Lipinski definition) is 3. The number of hydrogen-bond donors (Lipinski definition) is 0. The molecule has 0 N–H and O–H groups in total. The van der Waals surface area contributed by atoms with E-state index in [0.29, 0.717) is 11.3 Å². The molecule has 0 heterocycles. The normalized spacial score (nSPS) is 10.8. The van der Waals surface area contributed by atoms with E-state index in [2.05, 4.69) is 27.6 Å². The van der Waals surface area contributed by atoms with Crippen molar-refractivity contribution in [1.29, 1.82) is 0 Å². The number of aliphatic imine (C=N–C) groups is 1. The van der Waals surface area contributed by atoms with Crippen molar-refractivity contribution in [3.05, 3.63) is 67.3 Å². The minimum atomic E-state index is -0.388. The lowest BCUT2D eigenvalue weighted by Gasteiger charge is -1.99. The molecule has 0 aliphatic carbocycles. The molecule has 96 valence electrons. The Morgan fingerprint density at radius 3 is 2.68 bits per heavy atom. The SMILES string of the molecule is Cc1ccc(N=Cc2ccccc2I)cc1[N+](=O)[O-]. The second-order valence-electron chi connectivity index (χ2n) is 4.01. The van der Waals surface area contributed by atoms with E-state index in [4.69, 9.17) is 0 Å². The van der Waals surface area contributed by atoms with Crippen LogP contribution in [0.1, 0.15) is 11.1 Å². The number of nitro benzene ring substituents is 1. The van der Waals surface area contributed by atoms with Crippen LogP contribution in [0.2, 0.25) is 0 Å². The van der Waals surface area contributed by atoms with Crippen LogP contribution in [0.5, 0.6) is 0 Å². The van der Waals surface area contributed by atoms with Crippen LogP contribution in [-0.2, 0) is 0 Å². The summed E-state index contributed by atoms with van der Waals surface area (Å²) in [7, 11) is 0. The molecular weight excluding hydrogens is 355 g/mol. The average molecular weight is 366 g/mol. The van der Waals surface area contributed by atoms with Crippen molar-refractivity contribution in [1.82, 2.24) is 0 Å². The second kappa shape index (κ2) is 5.92. The molecule has 0 radical (unpaired) electrons. The highest BCUT2D eigenvalue weighted by Crippen LogP contribution is 2.24. The molecule has 0 aliphatic heterocycles. The summed E-state index contributed by atoms with van der Waals surface area (Å²) in [6.45, 7) is 1.71. The molecule has 5 heteroatoms. The Hall–Kier alpha value is -1.76. The lowest BCUT2D eigenvalue weighted by atomic mass is 10.2. The maximum atomic E-state index is 10.9. The van der Waals surface area contributed by atoms with Crippen molar-refractivity contribution in [3.63, 3.8) is 0 Å². The van der Waals surface area contributed by atoms with Gasteiger partial charge in [-0.15, -0.1) is 0 Å². The van der Waals surface area contributed by atoms with Gasteiger partial charge in [-0.05, 0) is 41.6 Å². The van der Waals surface area contributed by atoms with Gasteiger partial charge in [0.15, 0.2) is 0 Å². The van der Waals surface area contributed by atoms with Crippen LogP contribution in [0.4, 0.5) is 11.4 Å². The van der Waals surface area contributed by atoms with E-state index in [0.717, 1.165) is 9.13 Å². The van der Waals surface area contributed by atoms with E-state index in [-0.39, 0.29) is 10.6 Å². The van der Waals surface area contributed by atoms with Crippen molar-refractivity contribution in [2.45, 2.75) is 6.92 Å². The first-order chi connectivity index (χ1) is 9.08. The van der Waals surface area contributed by atoms with Crippen LogP contribution in [0.3, 0.4) is 0 Å². The van der Waals surface area contributed by atoms with Crippen molar-refractivity contribution >= 4 is 40.2 Å². The standard InChI is InChI=1S/C14H11IN2O2/c1-10-6-7-12(8-14(10)17(18)19)16-9-11-4-2-3-5-13(11)15/h2-9H,1H3. The summed E-state index contributed by atoms with van der Waals surface area (Å²) < 4.78 is 1.09. The largest absolute Gasteiger partial charge is 0.274 e. The molecule has 0 unspecified atom stereocenters. The van der Waals surface area contributed by atoms with Crippen LogP contribution < -0.4 is 0 Å². The Bertz CT molecular complexity index is 654. The van der Waals surface area contributed by atoms with Gasteiger partial charge in [0.05, 0.1) is 10.6 Å². The topological polar surface area (TPSA) is 55.5 Å². The van der Waals surface area contributed by atoms with Crippen LogP contribution in [0.15, 0.2) is 47.5 Å². The highest BCUT2D eigenvalue weighted by molar-refractivity contribution is 14.1. The first-order valence-corrected chi connectivity index (χ1v) is 6.69. The molecule has 0 bridgehead atoms. The van der Waals surface area contributed by atoms with Gasteiger partial charge in [0.2, 0.25) is 0 Å². The minimum Gasteiger partial charge on any atom is -0.258 e. The van der Waals surface area contributed by atoms with Gasteiger partial charge in [-0.3, -0.25) is 15.1 Å². The van der Waals surface area contributed by atoms with E-state index in [1.165, 1.54) is 6.07 Å². The zero-order chi connectivity index (χ0) is 13.8. The Morgan fingerprint density at radius 1 is 1.26 bits per heavy atom. The number of nitrogens with zero attached hydrogens (tertiary/aromatic N) is 2. The lowest BCUT2D eigenvalue weighted by Crippen LogP contribution is -1.91. The molecule has 0 amide bonds. The van der Waals surface area contributed by atoms with Crippen LogP contribution in [0, 0.1) is 20.6 Å². The quantitative estimate of drug-likeness (QED) is 0.353. The minimum absolute atomic E-state index is 0.0948. The first kappa shape index (κ1) is 13.7. The van der Waals surface area contributed by atoms with E-state index >= 15 is 0 Å². The predicted octanol–water partition coefficient (Wildman–Crippen LogP) is 4.26.